The maximum absolute atomic E-state index is 5.32. The Balaban J connectivity index is 1.13. The second kappa shape index (κ2) is 10.7. The van der Waals surface area contributed by atoms with Gasteiger partial charge in [-0.2, -0.15) is 5.10 Å². The lowest BCUT2D eigenvalue weighted by molar-refractivity contribution is -0.0468. The van der Waals surface area contributed by atoms with Crippen molar-refractivity contribution in [3.63, 3.8) is 0 Å². The maximum Gasteiger partial charge on any atom is 0.227 e. The Bertz CT molecular complexity index is 1310. The molecule has 0 spiro atoms. The molecule has 0 bridgehead atoms. The SMILES string of the molecule is CCn1cc(-c2ccnc(Nc3ccc(N4CCN(CC5COC5)CC4)cc3)n2)c(-c2cccnc2)n1. The number of nitrogens with zero attached hydrogens (tertiary/aromatic N) is 7. The molecule has 5 heterocycles. The first kappa shape index (κ1) is 23.6. The Hall–Kier alpha value is -3.82. The van der Waals surface area contributed by atoms with Crippen LogP contribution in [0.2, 0.25) is 0 Å². The van der Waals surface area contributed by atoms with E-state index in [1.807, 2.05) is 35.3 Å². The molecule has 9 nitrogen and oxygen atoms in total. The van der Waals surface area contributed by atoms with Crippen molar-refractivity contribution in [2.45, 2.75) is 13.5 Å². The van der Waals surface area contributed by atoms with Crippen LogP contribution in [0.4, 0.5) is 17.3 Å². The van der Waals surface area contributed by atoms with E-state index in [0.29, 0.717) is 5.95 Å². The molecular formula is C28H32N8O. The van der Waals surface area contributed by atoms with Gasteiger partial charge in [-0.05, 0) is 49.4 Å². The third kappa shape index (κ3) is 5.33. The first-order valence-corrected chi connectivity index (χ1v) is 13.0. The molecule has 2 aliphatic heterocycles. The van der Waals surface area contributed by atoms with E-state index in [9.17, 15) is 0 Å². The maximum atomic E-state index is 5.32. The van der Waals surface area contributed by atoms with Crippen LogP contribution in [0.3, 0.4) is 0 Å². The van der Waals surface area contributed by atoms with E-state index in [4.69, 9.17) is 14.8 Å². The average molecular weight is 497 g/mol. The van der Waals surface area contributed by atoms with Crippen molar-refractivity contribution >= 4 is 17.3 Å². The minimum absolute atomic E-state index is 0.556. The van der Waals surface area contributed by atoms with Crippen molar-refractivity contribution < 1.29 is 4.74 Å². The topological polar surface area (TPSA) is 84.2 Å². The summed E-state index contributed by atoms with van der Waals surface area (Å²) in [5, 5.41) is 8.12. The lowest BCUT2D eigenvalue weighted by Crippen LogP contribution is -2.50. The highest BCUT2D eigenvalue weighted by atomic mass is 16.5. The molecule has 190 valence electrons. The number of ether oxygens (including phenoxy) is 1. The number of aryl methyl sites for hydroxylation is 1. The predicted molar refractivity (Wildman–Crippen MR) is 145 cm³/mol. The van der Waals surface area contributed by atoms with Gasteiger partial charge in [0.1, 0.15) is 5.69 Å². The molecule has 1 N–H and O–H groups in total. The summed E-state index contributed by atoms with van der Waals surface area (Å²) < 4.78 is 7.24. The van der Waals surface area contributed by atoms with Gasteiger partial charge in [0.25, 0.3) is 0 Å². The largest absolute Gasteiger partial charge is 0.381 e. The summed E-state index contributed by atoms with van der Waals surface area (Å²) >= 11 is 0. The van der Waals surface area contributed by atoms with Gasteiger partial charge < -0.3 is 15.0 Å². The number of pyridine rings is 1. The Morgan fingerprint density at radius 2 is 1.84 bits per heavy atom. The molecule has 4 aromatic rings. The fourth-order valence-electron chi connectivity index (χ4n) is 4.88. The van der Waals surface area contributed by atoms with E-state index in [0.717, 1.165) is 80.1 Å². The normalized spacial score (nSPS) is 16.5. The third-order valence-electron chi connectivity index (χ3n) is 7.04. The van der Waals surface area contributed by atoms with Gasteiger partial charge in [0.2, 0.25) is 5.95 Å². The standard InChI is InChI=1S/C28H32N8O/c1-2-36-18-25(27(33-36)22-4-3-10-29-16-22)26-9-11-30-28(32-26)31-23-5-7-24(8-6-23)35-14-12-34(13-15-35)17-21-19-37-20-21/h3-11,16,18,21H,2,12-15,17,19-20H2,1H3,(H,30,31,32). The van der Waals surface area contributed by atoms with Crippen LogP contribution in [0.25, 0.3) is 22.5 Å². The highest BCUT2D eigenvalue weighted by molar-refractivity contribution is 5.78. The molecule has 2 saturated heterocycles. The summed E-state index contributed by atoms with van der Waals surface area (Å²) in [5.74, 6) is 1.28. The Kier molecular flexibility index (Phi) is 6.79. The van der Waals surface area contributed by atoms with Gasteiger partial charge in [0.05, 0.1) is 18.9 Å². The van der Waals surface area contributed by atoms with Crippen molar-refractivity contribution in [2.24, 2.45) is 5.92 Å². The molecule has 9 heteroatoms. The van der Waals surface area contributed by atoms with Crippen LogP contribution < -0.4 is 10.2 Å². The van der Waals surface area contributed by atoms with Crippen LogP contribution in [-0.2, 0) is 11.3 Å². The van der Waals surface area contributed by atoms with Crippen LogP contribution in [0, 0.1) is 5.92 Å². The average Bonchev–Trinajstić information content (AvgIpc) is 3.37. The molecule has 0 saturated carbocycles. The number of hydrogen-bond acceptors (Lipinski definition) is 8. The van der Waals surface area contributed by atoms with Gasteiger partial charge in [-0.25, -0.2) is 9.97 Å². The lowest BCUT2D eigenvalue weighted by Gasteiger charge is -2.39. The van der Waals surface area contributed by atoms with E-state index in [1.165, 1.54) is 12.2 Å². The monoisotopic (exact) mass is 496 g/mol. The zero-order chi connectivity index (χ0) is 25.0. The third-order valence-corrected chi connectivity index (χ3v) is 7.04. The first-order chi connectivity index (χ1) is 18.2. The molecule has 0 unspecified atom stereocenters. The van der Waals surface area contributed by atoms with E-state index in [-0.39, 0.29) is 0 Å². The molecule has 37 heavy (non-hydrogen) atoms. The minimum atomic E-state index is 0.556. The fraction of sp³-hybridized carbons (Fsp3) is 0.357. The Morgan fingerprint density at radius 1 is 1.00 bits per heavy atom. The van der Waals surface area contributed by atoms with Crippen molar-refractivity contribution in [3.05, 3.63) is 67.3 Å². The number of hydrogen-bond donors (Lipinski definition) is 1. The lowest BCUT2D eigenvalue weighted by atomic mass is 10.1. The molecule has 0 amide bonds. The van der Waals surface area contributed by atoms with Crippen LogP contribution in [-0.4, -0.2) is 75.6 Å². The molecule has 2 aliphatic rings. The molecule has 0 atom stereocenters. The molecule has 3 aromatic heterocycles. The zero-order valence-electron chi connectivity index (χ0n) is 21.1. The van der Waals surface area contributed by atoms with Crippen LogP contribution >= 0.6 is 0 Å². The Morgan fingerprint density at radius 3 is 2.54 bits per heavy atom. The molecule has 1 aromatic carbocycles. The molecular weight excluding hydrogens is 464 g/mol. The van der Waals surface area contributed by atoms with E-state index < -0.39 is 0 Å². The summed E-state index contributed by atoms with van der Waals surface area (Å²) in [4.78, 5) is 18.5. The van der Waals surface area contributed by atoms with Gasteiger partial charge in [0.15, 0.2) is 0 Å². The van der Waals surface area contributed by atoms with Crippen LogP contribution in [0.15, 0.2) is 67.3 Å². The first-order valence-electron chi connectivity index (χ1n) is 13.0. The smallest absolute Gasteiger partial charge is 0.227 e. The Labute approximate surface area is 217 Å². The fourth-order valence-corrected chi connectivity index (χ4v) is 4.88. The zero-order valence-corrected chi connectivity index (χ0v) is 21.1. The van der Waals surface area contributed by atoms with Crippen LogP contribution in [0.1, 0.15) is 6.92 Å². The van der Waals surface area contributed by atoms with E-state index in [1.54, 1.807) is 12.4 Å². The van der Waals surface area contributed by atoms with Crippen molar-refractivity contribution in [3.8, 4) is 22.5 Å². The predicted octanol–water partition coefficient (Wildman–Crippen LogP) is 3.93. The minimum Gasteiger partial charge on any atom is -0.381 e. The molecule has 6 rings (SSSR count). The summed E-state index contributed by atoms with van der Waals surface area (Å²) in [6, 6.07) is 14.4. The second-order valence-corrected chi connectivity index (χ2v) is 9.62. The van der Waals surface area contributed by atoms with Gasteiger partial charge in [0, 0.05) is 92.5 Å². The number of anilines is 3. The summed E-state index contributed by atoms with van der Waals surface area (Å²) in [5.41, 5.74) is 5.82. The number of rotatable bonds is 8. The van der Waals surface area contributed by atoms with Gasteiger partial charge in [-0.3, -0.25) is 14.6 Å². The highest BCUT2D eigenvalue weighted by Gasteiger charge is 2.24. The number of aromatic nitrogens is 5. The van der Waals surface area contributed by atoms with Gasteiger partial charge in [-0.1, -0.05) is 0 Å². The number of benzene rings is 1. The van der Waals surface area contributed by atoms with Gasteiger partial charge in [-0.15, -0.1) is 0 Å². The highest BCUT2D eigenvalue weighted by Crippen LogP contribution is 2.30. The van der Waals surface area contributed by atoms with Crippen molar-refractivity contribution in [2.75, 3.05) is 56.2 Å². The van der Waals surface area contributed by atoms with Crippen molar-refractivity contribution in [1.29, 1.82) is 0 Å². The number of nitrogens with one attached hydrogen (secondary N) is 1. The van der Waals surface area contributed by atoms with Crippen LogP contribution in [0.5, 0.6) is 0 Å². The van der Waals surface area contributed by atoms with E-state index >= 15 is 0 Å². The van der Waals surface area contributed by atoms with Crippen molar-refractivity contribution in [1.82, 2.24) is 29.6 Å². The summed E-state index contributed by atoms with van der Waals surface area (Å²) in [6.07, 6.45) is 7.41. The van der Waals surface area contributed by atoms with Gasteiger partial charge >= 0.3 is 0 Å². The summed E-state index contributed by atoms with van der Waals surface area (Å²) in [7, 11) is 0. The quantitative estimate of drug-likeness (QED) is 0.393. The molecule has 0 aliphatic carbocycles. The molecule has 2 fully saturated rings. The van der Waals surface area contributed by atoms with E-state index in [2.05, 4.69) is 56.3 Å². The summed E-state index contributed by atoms with van der Waals surface area (Å²) in [6.45, 7) is 10.2. The number of piperazine rings is 1. The second-order valence-electron chi connectivity index (χ2n) is 9.62. The molecule has 0 radical (unpaired) electrons.